The average molecular weight is 392 g/mol. The van der Waals surface area contributed by atoms with Crippen molar-refractivity contribution in [2.45, 2.75) is 32.4 Å². The summed E-state index contributed by atoms with van der Waals surface area (Å²) in [5.74, 6) is 1.62. The molecule has 152 valence electrons. The minimum Gasteiger partial charge on any atom is -0.493 e. The molecular weight excluding hydrogens is 362 g/mol. The Balaban J connectivity index is 1.32. The molecule has 0 bridgehead atoms. The number of para-hydroxylation sites is 1. The smallest absolute Gasteiger partial charge is 0.161 e. The highest BCUT2D eigenvalue weighted by molar-refractivity contribution is 5.81. The van der Waals surface area contributed by atoms with Crippen molar-refractivity contribution < 1.29 is 9.47 Å². The Morgan fingerprint density at radius 2 is 1.90 bits per heavy atom. The number of benzene rings is 2. The minimum atomic E-state index is 0.490. The number of rotatable bonds is 7. The van der Waals surface area contributed by atoms with Gasteiger partial charge in [0.2, 0.25) is 0 Å². The van der Waals surface area contributed by atoms with Crippen molar-refractivity contribution in [2.75, 3.05) is 32.1 Å². The highest BCUT2D eigenvalue weighted by Crippen LogP contribution is 2.29. The maximum Gasteiger partial charge on any atom is 0.161 e. The van der Waals surface area contributed by atoms with Crippen molar-refractivity contribution in [3.05, 3.63) is 60.3 Å². The first-order chi connectivity index (χ1) is 14.2. The van der Waals surface area contributed by atoms with Gasteiger partial charge in [-0.15, -0.1) is 0 Å². The lowest BCUT2D eigenvalue weighted by Gasteiger charge is -2.33. The Labute approximate surface area is 172 Å². The molecule has 0 saturated carbocycles. The van der Waals surface area contributed by atoms with E-state index in [1.54, 1.807) is 7.11 Å². The molecule has 0 aliphatic carbocycles. The van der Waals surface area contributed by atoms with Crippen molar-refractivity contribution in [3.8, 4) is 11.5 Å². The summed E-state index contributed by atoms with van der Waals surface area (Å²) >= 11 is 0. The van der Waals surface area contributed by atoms with E-state index >= 15 is 0 Å². The number of ether oxygens (including phenoxy) is 2. The Morgan fingerprint density at radius 1 is 1.07 bits per heavy atom. The number of pyridine rings is 1. The molecule has 0 unspecified atom stereocenters. The molecule has 1 aliphatic heterocycles. The Hall–Kier alpha value is -2.79. The van der Waals surface area contributed by atoms with E-state index in [0.29, 0.717) is 12.6 Å². The van der Waals surface area contributed by atoms with Crippen LogP contribution in [0.2, 0.25) is 0 Å². The number of hydrogen-bond donors (Lipinski definition) is 1. The van der Waals surface area contributed by atoms with Crippen LogP contribution in [0.15, 0.2) is 54.7 Å². The monoisotopic (exact) mass is 391 g/mol. The zero-order valence-electron chi connectivity index (χ0n) is 17.2. The van der Waals surface area contributed by atoms with Gasteiger partial charge in [-0.25, -0.2) is 0 Å². The summed E-state index contributed by atoms with van der Waals surface area (Å²) in [6.45, 7) is 5.73. The first-order valence-electron chi connectivity index (χ1n) is 10.4. The molecule has 29 heavy (non-hydrogen) atoms. The van der Waals surface area contributed by atoms with Gasteiger partial charge in [-0.2, -0.15) is 0 Å². The number of anilines is 1. The van der Waals surface area contributed by atoms with Crippen molar-refractivity contribution >= 4 is 16.6 Å². The Kier molecular flexibility index (Phi) is 6.15. The van der Waals surface area contributed by atoms with Gasteiger partial charge in [0.05, 0.1) is 31.1 Å². The second-order valence-electron chi connectivity index (χ2n) is 7.53. The fourth-order valence-electron chi connectivity index (χ4n) is 3.97. The third kappa shape index (κ3) is 4.80. The van der Waals surface area contributed by atoms with Crippen LogP contribution in [-0.4, -0.2) is 42.7 Å². The number of hydrogen-bond acceptors (Lipinski definition) is 5. The van der Waals surface area contributed by atoms with Crippen molar-refractivity contribution in [1.29, 1.82) is 0 Å². The Bertz CT molecular complexity index is 952. The lowest BCUT2D eigenvalue weighted by molar-refractivity contribution is 0.211. The molecule has 0 amide bonds. The molecule has 2 aromatic carbocycles. The van der Waals surface area contributed by atoms with Crippen LogP contribution in [-0.2, 0) is 6.54 Å². The predicted octanol–water partition coefficient (Wildman–Crippen LogP) is 4.72. The van der Waals surface area contributed by atoms with Gasteiger partial charge >= 0.3 is 0 Å². The molecule has 1 N–H and O–H groups in total. The van der Waals surface area contributed by atoms with Crippen molar-refractivity contribution in [1.82, 2.24) is 9.88 Å². The highest BCUT2D eigenvalue weighted by atomic mass is 16.5. The van der Waals surface area contributed by atoms with E-state index in [0.717, 1.165) is 55.2 Å². The average Bonchev–Trinajstić information content (AvgIpc) is 2.76. The van der Waals surface area contributed by atoms with Gasteiger partial charge < -0.3 is 14.8 Å². The number of nitrogens with one attached hydrogen (secondary N) is 1. The molecule has 0 atom stereocenters. The van der Waals surface area contributed by atoms with Gasteiger partial charge in [-0.1, -0.05) is 24.3 Å². The molecule has 5 heteroatoms. The topological polar surface area (TPSA) is 46.6 Å². The second kappa shape index (κ2) is 9.14. The number of fused-ring (bicyclic) bond motifs is 1. The van der Waals surface area contributed by atoms with Crippen LogP contribution in [0.1, 0.15) is 25.3 Å². The summed E-state index contributed by atoms with van der Waals surface area (Å²) in [7, 11) is 1.68. The van der Waals surface area contributed by atoms with Crippen LogP contribution in [0, 0.1) is 0 Å². The SMILES string of the molecule is CCOc1cc(CN2CCC(Nc3cnc4ccccc4c3)CC2)ccc1OC. The molecule has 3 aromatic rings. The maximum absolute atomic E-state index is 5.71. The van der Waals surface area contributed by atoms with Crippen LogP contribution in [0.4, 0.5) is 5.69 Å². The number of methoxy groups -OCH3 is 1. The highest BCUT2D eigenvalue weighted by Gasteiger charge is 2.20. The molecule has 1 aromatic heterocycles. The Morgan fingerprint density at radius 3 is 2.69 bits per heavy atom. The second-order valence-corrected chi connectivity index (χ2v) is 7.53. The summed E-state index contributed by atoms with van der Waals surface area (Å²) in [6.07, 6.45) is 4.20. The fraction of sp³-hybridized carbons (Fsp3) is 0.375. The number of nitrogens with zero attached hydrogens (tertiary/aromatic N) is 2. The third-order valence-corrected chi connectivity index (χ3v) is 5.48. The van der Waals surface area contributed by atoms with E-state index in [-0.39, 0.29) is 0 Å². The molecule has 1 fully saturated rings. The van der Waals surface area contributed by atoms with Gasteiger partial charge in [0, 0.05) is 31.1 Å². The zero-order valence-corrected chi connectivity index (χ0v) is 17.2. The summed E-state index contributed by atoms with van der Waals surface area (Å²) < 4.78 is 11.1. The molecular formula is C24H29N3O2. The molecule has 1 aliphatic rings. The summed E-state index contributed by atoms with van der Waals surface area (Å²) in [6, 6.07) is 17.2. The van der Waals surface area contributed by atoms with Gasteiger partial charge in [-0.3, -0.25) is 9.88 Å². The molecule has 0 spiro atoms. The first kappa shape index (κ1) is 19.5. The minimum absolute atomic E-state index is 0.490. The van der Waals surface area contributed by atoms with E-state index in [9.17, 15) is 0 Å². The van der Waals surface area contributed by atoms with Crippen LogP contribution in [0.5, 0.6) is 11.5 Å². The van der Waals surface area contributed by atoms with Crippen LogP contribution in [0.3, 0.4) is 0 Å². The summed E-state index contributed by atoms with van der Waals surface area (Å²) in [5.41, 5.74) is 3.41. The standard InChI is InChI=1S/C24H29N3O2/c1-3-29-24-14-18(8-9-23(24)28-2)17-27-12-10-20(11-13-27)26-21-15-19-6-4-5-7-22(19)25-16-21/h4-9,14-16,20,26H,3,10-13,17H2,1-2H3. The van der Waals surface area contributed by atoms with E-state index in [1.807, 2.05) is 31.3 Å². The van der Waals surface area contributed by atoms with Gasteiger partial charge in [0.15, 0.2) is 11.5 Å². The van der Waals surface area contributed by atoms with E-state index < -0.39 is 0 Å². The number of aromatic nitrogens is 1. The summed E-state index contributed by atoms with van der Waals surface area (Å²) in [4.78, 5) is 7.07. The van der Waals surface area contributed by atoms with E-state index in [4.69, 9.17) is 9.47 Å². The summed E-state index contributed by atoms with van der Waals surface area (Å²) in [5, 5.41) is 4.85. The largest absolute Gasteiger partial charge is 0.493 e. The molecule has 5 nitrogen and oxygen atoms in total. The van der Waals surface area contributed by atoms with Crippen LogP contribution < -0.4 is 14.8 Å². The predicted molar refractivity (Wildman–Crippen MR) is 118 cm³/mol. The van der Waals surface area contributed by atoms with Crippen LogP contribution >= 0.6 is 0 Å². The molecule has 1 saturated heterocycles. The van der Waals surface area contributed by atoms with E-state index in [2.05, 4.69) is 45.5 Å². The van der Waals surface area contributed by atoms with Gasteiger partial charge in [0.1, 0.15) is 0 Å². The van der Waals surface area contributed by atoms with E-state index in [1.165, 1.54) is 10.9 Å². The zero-order chi connectivity index (χ0) is 20.1. The molecule has 0 radical (unpaired) electrons. The number of likely N-dealkylation sites (tertiary alicyclic amines) is 1. The molecule has 2 heterocycles. The lowest BCUT2D eigenvalue weighted by Crippen LogP contribution is -2.38. The van der Waals surface area contributed by atoms with Crippen molar-refractivity contribution in [3.63, 3.8) is 0 Å². The van der Waals surface area contributed by atoms with Crippen LogP contribution in [0.25, 0.3) is 10.9 Å². The first-order valence-corrected chi connectivity index (χ1v) is 10.4. The number of piperidine rings is 1. The maximum atomic E-state index is 5.71. The van der Waals surface area contributed by atoms with Gasteiger partial charge in [0.25, 0.3) is 0 Å². The fourth-order valence-corrected chi connectivity index (χ4v) is 3.97. The third-order valence-electron chi connectivity index (χ3n) is 5.48. The van der Waals surface area contributed by atoms with Gasteiger partial charge in [-0.05, 0) is 49.6 Å². The lowest BCUT2D eigenvalue weighted by atomic mass is 10.0. The quantitative estimate of drug-likeness (QED) is 0.631. The van der Waals surface area contributed by atoms with Crippen molar-refractivity contribution in [2.24, 2.45) is 0 Å². The normalized spacial score (nSPS) is 15.4. The molecule has 4 rings (SSSR count).